The van der Waals surface area contributed by atoms with Crippen LogP contribution in [0.25, 0.3) is 11.0 Å². The second-order valence-electron chi connectivity index (χ2n) is 11.2. The van der Waals surface area contributed by atoms with Gasteiger partial charge in [-0.3, -0.25) is 5.32 Å². The molecule has 1 atom stereocenters. The summed E-state index contributed by atoms with van der Waals surface area (Å²) in [7, 11) is 0.334. The van der Waals surface area contributed by atoms with Crippen molar-refractivity contribution in [3.05, 3.63) is 24.0 Å². The largest absolute Gasteiger partial charge is 0.466 e. The normalized spacial score (nSPS) is 19.4. The number of likely N-dealkylation sites (tertiary alicyclic amines) is 1. The molecule has 5 heterocycles. The van der Waals surface area contributed by atoms with Gasteiger partial charge in [0.25, 0.3) is 0 Å². The molecule has 2 aliphatic heterocycles. The van der Waals surface area contributed by atoms with Crippen LogP contribution < -0.4 is 15.0 Å². The lowest BCUT2D eigenvalue weighted by atomic mass is 9.77. The Labute approximate surface area is 227 Å². The van der Waals surface area contributed by atoms with Crippen LogP contribution in [0.2, 0.25) is 25.7 Å². The number of hydrogen-bond acceptors (Lipinski definition) is 9. The molecule has 2 aliphatic rings. The van der Waals surface area contributed by atoms with Crippen molar-refractivity contribution in [1.29, 1.82) is 5.26 Å². The van der Waals surface area contributed by atoms with Gasteiger partial charge in [0.15, 0.2) is 0 Å². The molecule has 202 valence electrons. The zero-order chi connectivity index (χ0) is 26.9. The number of nitrogens with one attached hydrogen (secondary N) is 1. The number of nitriles is 1. The van der Waals surface area contributed by atoms with Crippen LogP contribution in [0.1, 0.15) is 24.8 Å². The van der Waals surface area contributed by atoms with Gasteiger partial charge in [-0.2, -0.15) is 10.2 Å². The van der Waals surface area contributed by atoms with E-state index < -0.39 is 8.07 Å². The predicted molar refractivity (Wildman–Crippen MR) is 150 cm³/mol. The second-order valence-corrected chi connectivity index (χ2v) is 17.5. The fourth-order valence-corrected chi connectivity index (χ4v) is 6.57. The minimum atomic E-state index is -1.16. The molecule has 13 heteroatoms. The fourth-order valence-electron chi connectivity index (χ4n) is 5.28. The summed E-state index contributed by atoms with van der Waals surface area (Å²) in [4.78, 5) is 26.1. The van der Waals surface area contributed by atoms with E-state index in [0.717, 1.165) is 66.7 Å². The maximum atomic E-state index is 13.2. The third-order valence-corrected chi connectivity index (χ3v) is 9.72. The van der Waals surface area contributed by atoms with E-state index >= 15 is 0 Å². The topological polar surface area (TPSA) is 121 Å². The molecular formula is C25H34N8O3SSi. The first kappa shape index (κ1) is 26.4. The SMILES string of the molecule is COc1nsc(NC(=O)N2CCC23CCCN(c2c(C#N)cnc4c2ccn4COCC[Si](C)(C)C)C3)n1. The summed E-state index contributed by atoms with van der Waals surface area (Å²) >= 11 is 1.09. The molecule has 2 amide bonds. The third-order valence-electron chi connectivity index (χ3n) is 7.40. The average Bonchev–Trinajstić information content (AvgIpc) is 3.51. The number of piperidine rings is 1. The minimum absolute atomic E-state index is 0.182. The van der Waals surface area contributed by atoms with Crippen molar-refractivity contribution >= 4 is 47.5 Å². The first-order valence-electron chi connectivity index (χ1n) is 12.9. The molecule has 0 aromatic carbocycles. The molecule has 2 fully saturated rings. The van der Waals surface area contributed by atoms with Crippen LogP contribution in [0.3, 0.4) is 0 Å². The molecule has 3 aromatic rings. The summed E-state index contributed by atoms with van der Waals surface area (Å²) in [5.41, 5.74) is 1.95. The summed E-state index contributed by atoms with van der Waals surface area (Å²) in [5, 5.41) is 14.2. The van der Waals surface area contributed by atoms with Crippen LogP contribution in [0.5, 0.6) is 6.01 Å². The lowest BCUT2D eigenvalue weighted by molar-refractivity contribution is 0.0185. The highest BCUT2D eigenvalue weighted by Gasteiger charge is 2.50. The minimum Gasteiger partial charge on any atom is -0.466 e. The van der Waals surface area contributed by atoms with Crippen LogP contribution in [-0.4, -0.2) is 76.8 Å². The van der Waals surface area contributed by atoms with E-state index in [1.807, 2.05) is 21.7 Å². The van der Waals surface area contributed by atoms with Crippen LogP contribution in [0, 0.1) is 11.3 Å². The smallest absolute Gasteiger partial charge is 0.329 e. The number of urea groups is 1. The molecule has 11 nitrogen and oxygen atoms in total. The van der Waals surface area contributed by atoms with Crippen molar-refractivity contribution in [2.24, 2.45) is 0 Å². The monoisotopic (exact) mass is 554 g/mol. The van der Waals surface area contributed by atoms with Gasteiger partial charge in [0.2, 0.25) is 5.13 Å². The molecular weight excluding hydrogens is 520 g/mol. The molecule has 0 saturated carbocycles. The van der Waals surface area contributed by atoms with E-state index in [1.54, 1.807) is 6.20 Å². The average molecular weight is 555 g/mol. The van der Waals surface area contributed by atoms with Crippen LogP contribution in [0.4, 0.5) is 15.6 Å². The highest BCUT2D eigenvalue weighted by atomic mass is 32.1. The molecule has 38 heavy (non-hydrogen) atoms. The van der Waals surface area contributed by atoms with Crippen molar-refractivity contribution in [3.63, 3.8) is 0 Å². The van der Waals surface area contributed by atoms with E-state index in [4.69, 9.17) is 9.47 Å². The van der Waals surface area contributed by atoms with Gasteiger partial charge in [-0.1, -0.05) is 19.6 Å². The maximum absolute atomic E-state index is 13.2. The van der Waals surface area contributed by atoms with E-state index in [9.17, 15) is 10.1 Å². The highest BCUT2D eigenvalue weighted by molar-refractivity contribution is 7.10. The number of carbonyl (C=O) groups is 1. The first-order chi connectivity index (χ1) is 18.2. The van der Waals surface area contributed by atoms with Gasteiger partial charge in [0.1, 0.15) is 18.4 Å². The van der Waals surface area contributed by atoms with Crippen molar-refractivity contribution in [3.8, 4) is 12.1 Å². The Morgan fingerprint density at radius 1 is 1.32 bits per heavy atom. The fraction of sp³-hybridized carbons (Fsp3) is 0.560. The summed E-state index contributed by atoms with van der Waals surface area (Å²) in [6, 6.07) is 5.53. The van der Waals surface area contributed by atoms with E-state index in [0.29, 0.717) is 30.5 Å². The van der Waals surface area contributed by atoms with Gasteiger partial charge in [0, 0.05) is 63.6 Å². The number of hydrogen-bond donors (Lipinski definition) is 1. The first-order valence-corrected chi connectivity index (χ1v) is 17.4. The highest BCUT2D eigenvalue weighted by Crippen LogP contribution is 2.42. The number of carbonyl (C=O) groups excluding carboxylic acids is 1. The summed E-state index contributed by atoms with van der Waals surface area (Å²) in [5.74, 6) is 0. The summed E-state index contributed by atoms with van der Waals surface area (Å²) in [6.07, 6.45) is 6.39. The van der Waals surface area contributed by atoms with Gasteiger partial charge >= 0.3 is 12.0 Å². The zero-order valence-electron chi connectivity index (χ0n) is 22.4. The number of anilines is 2. The van der Waals surface area contributed by atoms with Crippen molar-refractivity contribution in [2.45, 2.75) is 57.2 Å². The van der Waals surface area contributed by atoms with Crippen molar-refractivity contribution in [1.82, 2.24) is 23.8 Å². The standard InChI is InChI=1S/C25H34N8O3SSi/c1-35-22-28-23(37-30-22)29-24(34)33-11-8-25(33)7-5-9-31(16-25)20-18(14-26)15-27-21-19(20)6-10-32(21)17-36-12-13-38(2,3)4/h6,10,15H,5,7-9,11-13,16-17H2,1-4H3,(H,28,29,30,34). The van der Waals surface area contributed by atoms with Crippen molar-refractivity contribution in [2.75, 3.05) is 43.6 Å². The number of rotatable bonds is 8. The summed E-state index contributed by atoms with van der Waals surface area (Å²) in [6.45, 7) is 10.3. The number of amides is 2. The number of fused-ring (bicyclic) bond motifs is 1. The Hall–Kier alpha value is -3.21. The van der Waals surface area contributed by atoms with Gasteiger partial charge in [-0.15, -0.1) is 4.37 Å². The van der Waals surface area contributed by atoms with Gasteiger partial charge in [-0.05, 0) is 31.4 Å². The van der Waals surface area contributed by atoms with Gasteiger partial charge < -0.3 is 23.8 Å². The number of nitrogens with zero attached hydrogens (tertiary/aromatic N) is 7. The van der Waals surface area contributed by atoms with Gasteiger partial charge in [-0.25, -0.2) is 9.78 Å². The van der Waals surface area contributed by atoms with E-state index in [1.165, 1.54) is 7.11 Å². The molecule has 0 aliphatic carbocycles. The number of aromatic nitrogens is 4. The molecule has 2 saturated heterocycles. The third kappa shape index (κ3) is 5.20. The van der Waals surface area contributed by atoms with Gasteiger partial charge in [0.05, 0.1) is 23.9 Å². The number of ether oxygens (including phenoxy) is 2. The lowest BCUT2D eigenvalue weighted by Gasteiger charge is -2.57. The Bertz CT molecular complexity index is 1360. The second kappa shape index (κ2) is 10.5. The molecule has 1 unspecified atom stereocenters. The number of methoxy groups -OCH3 is 1. The Morgan fingerprint density at radius 3 is 2.84 bits per heavy atom. The molecule has 1 spiro atoms. The molecule has 5 rings (SSSR count). The predicted octanol–water partition coefficient (Wildman–Crippen LogP) is 4.36. The van der Waals surface area contributed by atoms with Crippen LogP contribution in [-0.2, 0) is 11.5 Å². The van der Waals surface area contributed by atoms with Crippen LogP contribution in [0.15, 0.2) is 18.5 Å². The Balaban J connectivity index is 1.34. The molecule has 3 aromatic heterocycles. The maximum Gasteiger partial charge on any atom is 0.329 e. The molecule has 1 N–H and O–H groups in total. The molecule has 0 radical (unpaired) electrons. The van der Waals surface area contributed by atoms with E-state index in [2.05, 4.69) is 50.3 Å². The molecule has 0 bridgehead atoms. The lowest BCUT2D eigenvalue weighted by Crippen LogP contribution is -2.69. The Kier molecular flexibility index (Phi) is 7.30. The Morgan fingerprint density at radius 2 is 2.16 bits per heavy atom. The van der Waals surface area contributed by atoms with E-state index in [-0.39, 0.29) is 17.6 Å². The van der Waals surface area contributed by atoms with Crippen LogP contribution >= 0.6 is 11.5 Å². The van der Waals surface area contributed by atoms with Crippen molar-refractivity contribution < 1.29 is 14.3 Å². The zero-order valence-corrected chi connectivity index (χ0v) is 24.2. The summed E-state index contributed by atoms with van der Waals surface area (Å²) < 4.78 is 17.1. The number of pyridine rings is 1. The quantitative estimate of drug-likeness (QED) is 0.322.